The van der Waals surface area contributed by atoms with Crippen LogP contribution in [0.15, 0.2) is 41.3 Å². The van der Waals surface area contributed by atoms with E-state index in [1.807, 2.05) is 26.0 Å². The molecule has 2 aromatic rings. The van der Waals surface area contributed by atoms with Gasteiger partial charge in [0.05, 0.1) is 4.90 Å². The van der Waals surface area contributed by atoms with Gasteiger partial charge in [-0.3, -0.25) is 4.79 Å². The first kappa shape index (κ1) is 17.2. The van der Waals surface area contributed by atoms with E-state index in [2.05, 4.69) is 9.88 Å². The SMILES string of the molecule is Cc1ccc(C)n1CCC(=O)NCc1ccc(S(N)(=O)=O)cc1. The van der Waals surface area contributed by atoms with Crippen molar-refractivity contribution in [3.63, 3.8) is 0 Å². The van der Waals surface area contributed by atoms with Crippen molar-refractivity contribution < 1.29 is 13.2 Å². The number of primary sulfonamides is 1. The van der Waals surface area contributed by atoms with E-state index < -0.39 is 10.0 Å². The van der Waals surface area contributed by atoms with Crippen LogP contribution in [0, 0.1) is 13.8 Å². The summed E-state index contributed by atoms with van der Waals surface area (Å²) in [5, 5.41) is 7.87. The Labute approximate surface area is 136 Å². The molecule has 124 valence electrons. The van der Waals surface area contributed by atoms with Crippen LogP contribution in [0.25, 0.3) is 0 Å². The van der Waals surface area contributed by atoms with Crippen molar-refractivity contribution in [2.75, 3.05) is 0 Å². The van der Waals surface area contributed by atoms with Crippen LogP contribution in [-0.4, -0.2) is 18.9 Å². The lowest BCUT2D eigenvalue weighted by Gasteiger charge is -2.10. The highest BCUT2D eigenvalue weighted by Crippen LogP contribution is 2.09. The largest absolute Gasteiger partial charge is 0.352 e. The second-order valence-corrected chi connectivity index (χ2v) is 7.04. The minimum absolute atomic E-state index is 0.0481. The number of carbonyl (C=O) groups is 1. The van der Waals surface area contributed by atoms with Crippen molar-refractivity contribution >= 4 is 15.9 Å². The van der Waals surface area contributed by atoms with Crippen LogP contribution in [0.1, 0.15) is 23.4 Å². The molecule has 3 N–H and O–H groups in total. The van der Waals surface area contributed by atoms with Crippen LogP contribution in [-0.2, 0) is 27.9 Å². The van der Waals surface area contributed by atoms with Gasteiger partial charge in [0.15, 0.2) is 0 Å². The summed E-state index contributed by atoms with van der Waals surface area (Å²) in [7, 11) is -3.68. The zero-order valence-corrected chi connectivity index (χ0v) is 14.1. The third kappa shape index (κ3) is 4.67. The Morgan fingerprint density at radius 2 is 1.65 bits per heavy atom. The molecule has 0 unspecified atom stereocenters. The molecule has 0 bridgehead atoms. The number of nitrogens with zero attached hydrogens (tertiary/aromatic N) is 1. The number of hydrogen-bond donors (Lipinski definition) is 2. The molecule has 23 heavy (non-hydrogen) atoms. The zero-order chi connectivity index (χ0) is 17.0. The van der Waals surface area contributed by atoms with Crippen LogP contribution in [0.3, 0.4) is 0 Å². The van der Waals surface area contributed by atoms with E-state index >= 15 is 0 Å². The summed E-state index contributed by atoms with van der Waals surface area (Å²) in [6, 6.07) is 10.2. The van der Waals surface area contributed by atoms with Gasteiger partial charge in [-0.2, -0.15) is 0 Å². The van der Waals surface area contributed by atoms with Crippen molar-refractivity contribution in [1.29, 1.82) is 0 Å². The quantitative estimate of drug-likeness (QED) is 0.837. The predicted octanol–water partition coefficient (Wildman–Crippen LogP) is 1.46. The Bertz CT molecular complexity index is 773. The number of rotatable bonds is 6. The fourth-order valence-electron chi connectivity index (χ4n) is 2.35. The Kier molecular flexibility index (Phi) is 5.23. The fraction of sp³-hybridized carbons (Fsp3) is 0.312. The summed E-state index contributed by atoms with van der Waals surface area (Å²) in [6.07, 6.45) is 0.394. The molecule has 2 rings (SSSR count). The molecule has 1 heterocycles. The van der Waals surface area contributed by atoms with Crippen molar-refractivity contribution in [3.05, 3.63) is 53.3 Å². The molecule has 0 spiro atoms. The third-order valence-corrected chi connectivity index (χ3v) is 4.65. The van der Waals surface area contributed by atoms with Gasteiger partial charge in [-0.1, -0.05) is 12.1 Å². The first-order valence-corrected chi connectivity index (χ1v) is 8.83. The van der Waals surface area contributed by atoms with Gasteiger partial charge < -0.3 is 9.88 Å². The number of sulfonamides is 1. The Morgan fingerprint density at radius 1 is 1.09 bits per heavy atom. The normalized spacial score (nSPS) is 11.4. The molecular formula is C16H21N3O3S. The molecule has 0 fully saturated rings. The molecule has 0 saturated carbocycles. The number of aryl methyl sites for hydroxylation is 2. The summed E-state index contributed by atoms with van der Waals surface area (Å²) in [5.74, 6) is -0.0481. The topological polar surface area (TPSA) is 94.2 Å². The molecule has 0 aliphatic carbocycles. The maximum Gasteiger partial charge on any atom is 0.238 e. The number of hydrogen-bond acceptors (Lipinski definition) is 3. The number of nitrogens with two attached hydrogens (primary N) is 1. The average molecular weight is 335 g/mol. The number of aromatic nitrogens is 1. The first-order chi connectivity index (χ1) is 10.8. The fourth-order valence-corrected chi connectivity index (χ4v) is 2.87. The van der Waals surface area contributed by atoms with Crippen molar-refractivity contribution in [2.24, 2.45) is 5.14 Å². The van der Waals surface area contributed by atoms with Gasteiger partial charge in [-0.25, -0.2) is 13.6 Å². The lowest BCUT2D eigenvalue weighted by atomic mass is 10.2. The maximum absolute atomic E-state index is 11.9. The van der Waals surface area contributed by atoms with E-state index in [4.69, 9.17) is 5.14 Å². The summed E-state index contributed by atoms with van der Waals surface area (Å²) < 4.78 is 24.4. The lowest BCUT2D eigenvalue weighted by Crippen LogP contribution is -2.24. The summed E-state index contributed by atoms with van der Waals surface area (Å²) in [6.45, 7) is 5.02. The number of amides is 1. The predicted molar refractivity (Wildman–Crippen MR) is 88.2 cm³/mol. The molecule has 0 aliphatic rings. The zero-order valence-electron chi connectivity index (χ0n) is 13.2. The summed E-state index contributed by atoms with van der Waals surface area (Å²) in [4.78, 5) is 12.0. The molecule has 1 amide bonds. The van der Waals surface area contributed by atoms with Gasteiger partial charge in [0.1, 0.15) is 0 Å². The minimum Gasteiger partial charge on any atom is -0.352 e. The van der Waals surface area contributed by atoms with Gasteiger partial charge in [0, 0.05) is 30.9 Å². The van der Waals surface area contributed by atoms with Gasteiger partial charge in [-0.05, 0) is 43.7 Å². The van der Waals surface area contributed by atoms with Crippen LogP contribution >= 0.6 is 0 Å². The molecule has 0 saturated heterocycles. The minimum atomic E-state index is -3.68. The van der Waals surface area contributed by atoms with Crippen LogP contribution in [0.4, 0.5) is 0 Å². The molecule has 1 aromatic heterocycles. The Hall–Kier alpha value is -2.12. The number of benzene rings is 1. The summed E-state index contributed by atoms with van der Waals surface area (Å²) in [5.41, 5.74) is 3.09. The van der Waals surface area contributed by atoms with Crippen molar-refractivity contribution in [2.45, 2.75) is 38.3 Å². The van der Waals surface area contributed by atoms with Gasteiger partial charge in [0.2, 0.25) is 15.9 Å². The van der Waals surface area contributed by atoms with E-state index in [0.29, 0.717) is 19.5 Å². The smallest absolute Gasteiger partial charge is 0.238 e. The average Bonchev–Trinajstić information content (AvgIpc) is 2.81. The molecule has 0 aliphatic heterocycles. The van der Waals surface area contributed by atoms with Crippen LogP contribution in [0.5, 0.6) is 0 Å². The van der Waals surface area contributed by atoms with Crippen molar-refractivity contribution in [1.82, 2.24) is 9.88 Å². The highest BCUT2D eigenvalue weighted by Gasteiger charge is 2.08. The van der Waals surface area contributed by atoms with Gasteiger partial charge in [0.25, 0.3) is 0 Å². The van der Waals surface area contributed by atoms with Gasteiger partial charge in [-0.15, -0.1) is 0 Å². The maximum atomic E-state index is 11.9. The molecule has 1 aromatic carbocycles. The highest BCUT2D eigenvalue weighted by molar-refractivity contribution is 7.89. The van der Waals surface area contributed by atoms with Crippen LogP contribution in [0.2, 0.25) is 0 Å². The lowest BCUT2D eigenvalue weighted by molar-refractivity contribution is -0.121. The Morgan fingerprint density at radius 3 is 2.17 bits per heavy atom. The second kappa shape index (κ2) is 6.97. The first-order valence-electron chi connectivity index (χ1n) is 7.28. The van der Waals surface area contributed by atoms with E-state index in [0.717, 1.165) is 17.0 Å². The van der Waals surface area contributed by atoms with E-state index in [1.165, 1.54) is 12.1 Å². The number of carbonyl (C=O) groups excluding carboxylic acids is 1. The third-order valence-electron chi connectivity index (χ3n) is 3.72. The number of nitrogens with one attached hydrogen (secondary N) is 1. The Balaban J connectivity index is 1.85. The second-order valence-electron chi connectivity index (χ2n) is 5.48. The van der Waals surface area contributed by atoms with E-state index in [1.54, 1.807) is 12.1 Å². The molecule has 0 radical (unpaired) electrons. The van der Waals surface area contributed by atoms with Crippen molar-refractivity contribution in [3.8, 4) is 0 Å². The van der Waals surface area contributed by atoms with E-state index in [-0.39, 0.29) is 10.8 Å². The summed E-state index contributed by atoms with van der Waals surface area (Å²) >= 11 is 0. The molecule has 6 nitrogen and oxygen atoms in total. The van der Waals surface area contributed by atoms with Gasteiger partial charge >= 0.3 is 0 Å². The molecule has 0 atom stereocenters. The monoisotopic (exact) mass is 335 g/mol. The van der Waals surface area contributed by atoms with Crippen LogP contribution < -0.4 is 10.5 Å². The standard InChI is InChI=1S/C16H21N3O3S/c1-12-3-4-13(2)19(12)10-9-16(20)18-11-14-5-7-15(8-6-14)23(17,21)22/h3-8H,9-11H2,1-2H3,(H,18,20)(H2,17,21,22). The molecular weight excluding hydrogens is 314 g/mol. The highest BCUT2D eigenvalue weighted by atomic mass is 32.2. The molecule has 7 heteroatoms. The van der Waals surface area contributed by atoms with E-state index in [9.17, 15) is 13.2 Å².